The van der Waals surface area contributed by atoms with E-state index in [0.717, 1.165) is 0 Å². The number of alkyl halides is 1. The van der Waals surface area contributed by atoms with Crippen molar-refractivity contribution in [3.63, 3.8) is 0 Å². The average Bonchev–Trinajstić information content (AvgIpc) is 1.83. The molecular formula is C5H10BrNO2. The Balaban J connectivity index is 3.17. The first kappa shape index (κ1) is 8.91. The summed E-state index contributed by atoms with van der Waals surface area (Å²) in [5.41, 5.74) is 0. The zero-order valence-corrected chi connectivity index (χ0v) is 6.81. The lowest BCUT2D eigenvalue weighted by molar-refractivity contribution is -0.118. The summed E-state index contributed by atoms with van der Waals surface area (Å²) in [7, 11) is 0. The second kappa shape index (κ2) is 4.76. The molecule has 0 spiro atoms. The van der Waals surface area contributed by atoms with E-state index in [1.807, 2.05) is 0 Å². The molecule has 0 fully saturated rings. The lowest BCUT2D eigenvalue weighted by Crippen LogP contribution is -2.31. The molecule has 4 heteroatoms. The van der Waals surface area contributed by atoms with Crippen molar-refractivity contribution in [2.45, 2.75) is 13.0 Å². The number of hydrogen-bond acceptors (Lipinski definition) is 2. The summed E-state index contributed by atoms with van der Waals surface area (Å²) in [6.07, 6.45) is -0.465. The molecular weight excluding hydrogens is 186 g/mol. The summed E-state index contributed by atoms with van der Waals surface area (Å²) < 4.78 is 0. The Morgan fingerprint density at radius 1 is 1.89 bits per heavy atom. The smallest absolute Gasteiger partial charge is 0.230 e. The van der Waals surface area contributed by atoms with Crippen LogP contribution in [-0.2, 0) is 4.79 Å². The van der Waals surface area contributed by atoms with Gasteiger partial charge in [0, 0.05) is 6.54 Å². The van der Waals surface area contributed by atoms with E-state index in [-0.39, 0.29) is 5.91 Å². The van der Waals surface area contributed by atoms with Crippen LogP contribution in [-0.4, -0.2) is 29.0 Å². The van der Waals surface area contributed by atoms with E-state index in [9.17, 15) is 4.79 Å². The van der Waals surface area contributed by atoms with Gasteiger partial charge in [-0.15, -0.1) is 0 Å². The fraction of sp³-hybridized carbons (Fsp3) is 0.800. The number of nitrogens with one attached hydrogen (secondary N) is 1. The van der Waals surface area contributed by atoms with Crippen LogP contribution in [0, 0.1) is 0 Å². The summed E-state index contributed by atoms with van der Waals surface area (Å²) in [5, 5.41) is 11.5. The monoisotopic (exact) mass is 195 g/mol. The molecule has 0 heterocycles. The molecule has 0 aromatic carbocycles. The Kier molecular flexibility index (Phi) is 4.71. The van der Waals surface area contributed by atoms with Gasteiger partial charge in [0.15, 0.2) is 0 Å². The van der Waals surface area contributed by atoms with Crippen molar-refractivity contribution in [3.05, 3.63) is 0 Å². The predicted octanol–water partition coefficient (Wildman–Crippen LogP) is -0.122. The summed E-state index contributed by atoms with van der Waals surface area (Å²) in [6, 6.07) is 0. The Hall–Kier alpha value is -0.0900. The Morgan fingerprint density at radius 2 is 2.44 bits per heavy atom. The Morgan fingerprint density at radius 3 is 2.78 bits per heavy atom. The summed E-state index contributed by atoms with van der Waals surface area (Å²) in [6.45, 7) is 1.94. The highest BCUT2D eigenvalue weighted by Crippen LogP contribution is 1.79. The molecule has 0 aliphatic rings. The molecule has 0 bridgehead atoms. The van der Waals surface area contributed by atoms with Crippen molar-refractivity contribution in [1.29, 1.82) is 0 Å². The highest BCUT2D eigenvalue weighted by Gasteiger charge is 1.98. The fourth-order valence-corrected chi connectivity index (χ4v) is 0.507. The van der Waals surface area contributed by atoms with Crippen LogP contribution in [0.5, 0.6) is 0 Å². The van der Waals surface area contributed by atoms with Crippen LogP contribution in [0.25, 0.3) is 0 Å². The number of carbonyl (C=O) groups is 1. The van der Waals surface area contributed by atoms with Crippen molar-refractivity contribution in [2.24, 2.45) is 0 Å². The average molecular weight is 196 g/mol. The van der Waals surface area contributed by atoms with Crippen LogP contribution in [0.1, 0.15) is 6.92 Å². The topological polar surface area (TPSA) is 49.3 Å². The minimum absolute atomic E-state index is 0.101. The minimum Gasteiger partial charge on any atom is -0.392 e. The molecule has 54 valence electrons. The highest BCUT2D eigenvalue weighted by molar-refractivity contribution is 9.09. The van der Waals surface area contributed by atoms with Crippen LogP contribution in [0.2, 0.25) is 0 Å². The van der Waals surface area contributed by atoms with Gasteiger partial charge in [0.05, 0.1) is 11.4 Å². The normalized spacial score (nSPS) is 12.8. The fourth-order valence-electron chi connectivity index (χ4n) is 0.309. The molecule has 0 radical (unpaired) electrons. The van der Waals surface area contributed by atoms with E-state index in [1.165, 1.54) is 0 Å². The molecule has 0 saturated heterocycles. The van der Waals surface area contributed by atoms with Crippen molar-refractivity contribution in [2.75, 3.05) is 11.9 Å². The zero-order valence-electron chi connectivity index (χ0n) is 5.22. The van der Waals surface area contributed by atoms with E-state index in [1.54, 1.807) is 6.92 Å². The van der Waals surface area contributed by atoms with Crippen LogP contribution in [0.3, 0.4) is 0 Å². The molecule has 0 aliphatic heterocycles. The SMILES string of the molecule is CC(O)CNC(=O)CBr. The van der Waals surface area contributed by atoms with Gasteiger partial charge in [-0.1, -0.05) is 15.9 Å². The standard InChI is InChI=1S/C5H10BrNO2/c1-4(8)3-7-5(9)2-6/h4,8H,2-3H2,1H3,(H,7,9). The highest BCUT2D eigenvalue weighted by atomic mass is 79.9. The molecule has 9 heavy (non-hydrogen) atoms. The largest absolute Gasteiger partial charge is 0.392 e. The molecule has 0 saturated carbocycles. The summed E-state index contributed by atoms with van der Waals surface area (Å²) in [4.78, 5) is 10.4. The molecule has 3 nitrogen and oxygen atoms in total. The quantitative estimate of drug-likeness (QED) is 0.618. The van der Waals surface area contributed by atoms with E-state index in [0.29, 0.717) is 11.9 Å². The second-order valence-corrected chi connectivity index (χ2v) is 2.35. The van der Waals surface area contributed by atoms with Crippen LogP contribution in [0.15, 0.2) is 0 Å². The van der Waals surface area contributed by atoms with Gasteiger partial charge in [-0.2, -0.15) is 0 Å². The van der Waals surface area contributed by atoms with Gasteiger partial charge < -0.3 is 10.4 Å². The van der Waals surface area contributed by atoms with Crippen LogP contribution >= 0.6 is 15.9 Å². The van der Waals surface area contributed by atoms with Crippen LogP contribution < -0.4 is 5.32 Å². The molecule has 0 aromatic rings. The lowest BCUT2D eigenvalue weighted by Gasteiger charge is -2.03. The maximum atomic E-state index is 10.4. The molecule has 0 aromatic heterocycles. The first-order chi connectivity index (χ1) is 4.16. The third kappa shape index (κ3) is 5.79. The zero-order chi connectivity index (χ0) is 7.28. The third-order valence-electron chi connectivity index (χ3n) is 0.716. The van der Waals surface area contributed by atoms with Gasteiger partial charge in [-0.25, -0.2) is 0 Å². The summed E-state index contributed by atoms with van der Waals surface area (Å²) >= 11 is 2.97. The molecule has 2 N–H and O–H groups in total. The first-order valence-corrected chi connectivity index (χ1v) is 3.79. The predicted molar refractivity (Wildman–Crippen MR) is 38.5 cm³/mol. The number of hydrogen-bond donors (Lipinski definition) is 2. The molecule has 1 atom stereocenters. The number of aliphatic hydroxyl groups is 1. The van der Waals surface area contributed by atoms with E-state index < -0.39 is 6.10 Å². The third-order valence-corrected chi connectivity index (χ3v) is 1.23. The molecule has 0 rings (SSSR count). The van der Waals surface area contributed by atoms with Gasteiger partial charge >= 0.3 is 0 Å². The Bertz CT molecular complexity index is 95.0. The van der Waals surface area contributed by atoms with Crippen molar-refractivity contribution >= 4 is 21.8 Å². The van der Waals surface area contributed by atoms with Crippen molar-refractivity contribution in [3.8, 4) is 0 Å². The van der Waals surface area contributed by atoms with Gasteiger partial charge in [0.2, 0.25) is 5.91 Å². The van der Waals surface area contributed by atoms with E-state index >= 15 is 0 Å². The molecule has 0 aliphatic carbocycles. The number of rotatable bonds is 3. The minimum atomic E-state index is -0.465. The van der Waals surface area contributed by atoms with Crippen LogP contribution in [0.4, 0.5) is 0 Å². The molecule has 1 amide bonds. The number of aliphatic hydroxyl groups excluding tert-OH is 1. The maximum absolute atomic E-state index is 10.4. The number of carbonyl (C=O) groups excluding carboxylic acids is 1. The van der Waals surface area contributed by atoms with E-state index in [2.05, 4.69) is 21.2 Å². The van der Waals surface area contributed by atoms with Crippen molar-refractivity contribution in [1.82, 2.24) is 5.32 Å². The lowest BCUT2D eigenvalue weighted by atomic mass is 10.4. The first-order valence-electron chi connectivity index (χ1n) is 2.67. The molecule has 1 unspecified atom stereocenters. The maximum Gasteiger partial charge on any atom is 0.230 e. The second-order valence-electron chi connectivity index (χ2n) is 1.79. The van der Waals surface area contributed by atoms with Gasteiger partial charge in [-0.3, -0.25) is 4.79 Å². The number of halogens is 1. The van der Waals surface area contributed by atoms with Crippen molar-refractivity contribution < 1.29 is 9.90 Å². The van der Waals surface area contributed by atoms with Gasteiger partial charge in [-0.05, 0) is 6.92 Å². The Labute approximate surface area is 62.6 Å². The van der Waals surface area contributed by atoms with E-state index in [4.69, 9.17) is 5.11 Å². The van der Waals surface area contributed by atoms with Gasteiger partial charge in [0.1, 0.15) is 0 Å². The number of amides is 1. The van der Waals surface area contributed by atoms with Gasteiger partial charge in [0.25, 0.3) is 0 Å². The summed E-state index contributed by atoms with van der Waals surface area (Å²) in [5.74, 6) is -0.101.